The molecule has 2 aliphatic rings. The Labute approximate surface area is 118 Å². The second-order valence-corrected chi connectivity index (χ2v) is 6.79. The predicted molar refractivity (Wildman–Crippen MR) is 81.4 cm³/mol. The van der Waals surface area contributed by atoms with E-state index in [0.717, 1.165) is 6.54 Å². The molecule has 0 amide bonds. The van der Waals surface area contributed by atoms with E-state index in [2.05, 4.69) is 28.8 Å². The SMILES string of the molecule is CN(C)CCN1CCN(CCC2(CN)CCC2)CC1. The number of hydrogen-bond acceptors (Lipinski definition) is 4. The van der Waals surface area contributed by atoms with Gasteiger partial charge in [-0.15, -0.1) is 0 Å². The first kappa shape index (κ1) is 15.2. The first-order valence-electron chi connectivity index (χ1n) is 7.93. The first-order chi connectivity index (χ1) is 9.13. The summed E-state index contributed by atoms with van der Waals surface area (Å²) in [6.45, 7) is 9.52. The topological polar surface area (TPSA) is 35.7 Å². The lowest BCUT2D eigenvalue weighted by Gasteiger charge is -2.43. The lowest BCUT2D eigenvalue weighted by Crippen LogP contribution is -2.49. The van der Waals surface area contributed by atoms with Crippen LogP contribution >= 0.6 is 0 Å². The largest absolute Gasteiger partial charge is 0.330 e. The normalized spacial score (nSPS) is 24.6. The molecule has 1 aliphatic carbocycles. The van der Waals surface area contributed by atoms with E-state index in [0.29, 0.717) is 5.41 Å². The third kappa shape index (κ3) is 4.42. The Kier molecular flexibility index (Phi) is 5.63. The average molecular weight is 268 g/mol. The van der Waals surface area contributed by atoms with Gasteiger partial charge in [0, 0.05) is 39.3 Å². The molecule has 0 bridgehead atoms. The zero-order valence-corrected chi connectivity index (χ0v) is 12.9. The molecule has 0 spiro atoms. The highest BCUT2D eigenvalue weighted by Gasteiger charge is 2.35. The number of piperazine rings is 1. The molecule has 19 heavy (non-hydrogen) atoms. The van der Waals surface area contributed by atoms with Gasteiger partial charge < -0.3 is 15.5 Å². The fourth-order valence-electron chi connectivity index (χ4n) is 3.21. The van der Waals surface area contributed by atoms with Gasteiger partial charge in [-0.1, -0.05) is 6.42 Å². The van der Waals surface area contributed by atoms with Gasteiger partial charge in [0.05, 0.1) is 0 Å². The van der Waals surface area contributed by atoms with Crippen LogP contribution in [0.25, 0.3) is 0 Å². The smallest absolute Gasteiger partial charge is 0.0110 e. The molecule has 1 heterocycles. The van der Waals surface area contributed by atoms with Crippen LogP contribution in [0, 0.1) is 5.41 Å². The Morgan fingerprint density at radius 2 is 1.58 bits per heavy atom. The molecule has 0 radical (unpaired) electrons. The fraction of sp³-hybridized carbons (Fsp3) is 1.00. The second-order valence-electron chi connectivity index (χ2n) is 6.79. The molecule has 0 aromatic rings. The van der Waals surface area contributed by atoms with E-state index in [1.807, 2.05) is 0 Å². The summed E-state index contributed by atoms with van der Waals surface area (Å²) in [6, 6.07) is 0. The van der Waals surface area contributed by atoms with Crippen LogP contribution in [0.15, 0.2) is 0 Å². The molecule has 1 saturated heterocycles. The zero-order valence-electron chi connectivity index (χ0n) is 12.9. The van der Waals surface area contributed by atoms with E-state index in [-0.39, 0.29) is 0 Å². The van der Waals surface area contributed by atoms with Crippen LogP contribution in [0.3, 0.4) is 0 Å². The van der Waals surface area contributed by atoms with Crippen molar-refractivity contribution in [2.75, 3.05) is 66.5 Å². The summed E-state index contributed by atoms with van der Waals surface area (Å²) >= 11 is 0. The van der Waals surface area contributed by atoms with Crippen molar-refractivity contribution in [1.29, 1.82) is 0 Å². The molecule has 2 rings (SSSR count). The van der Waals surface area contributed by atoms with E-state index >= 15 is 0 Å². The van der Waals surface area contributed by atoms with E-state index < -0.39 is 0 Å². The molecule has 4 heteroatoms. The Morgan fingerprint density at radius 1 is 1.00 bits per heavy atom. The highest BCUT2D eigenvalue weighted by molar-refractivity contribution is 4.89. The van der Waals surface area contributed by atoms with E-state index in [1.54, 1.807) is 0 Å². The van der Waals surface area contributed by atoms with Gasteiger partial charge in [-0.3, -0.25) is 4.90 Å². The minimum Gasteiger partial charge on any atom is -0.330 e. The van der Waals surface area contributed by atoms with Gasteiger partial charge in [-0.05, 0) is 51.9 Å². The van der Waals surface area contributed by atoms with Crippen LogP contribution in [-0.2, 0) is 0 Å². The number of nitrogens with two attached hydrogens (primary N) is 1. The molecular weight excluding hydrogens is 236 g/mol. The third-order valence-electron chi connectivity index (χ3n) is 5.13. The van der Waals surface area contributed by atoms with Crippen molar-refractivity contribution in [3.63, 3.8) is 0 Å². The highest BCUT2D eigenvalue weighted by Crippen LogP contribution is 2.42. The number of hydrogen-bond donors (Lipinski definition) is 1. The Bertz CT molecular complexity index is 249. The van der Waals surface area contributed by atoms with Gasteiger partial charge >= 0.3 is 0 Å². The zero-order chi connectivity index (χ0) is 13.7. The summed E-state index contributed by atoms with van der Waals surface area (Å²) in [5, 5.41) is 0. The summed E-state index contributed by atoms with van der Waals surface area (Å²) in [6.07, 6.45) is 5.45. The Morgan fingerprint density at radius 3 is 2.00 bits per heavy atom. The van der Waals surface area contributed by atoms with Crippen LogP contribution in [0.4, 0.5) is 0 Å². The predicted octanol–water partition coefficient (Wildman–Crippen LogP) is 0.685. The standard InChI is InChI=1S/C15H32N4/c1-17(2)8-9-19-12-10-18(11-13-19)7-6-15(14-16)4-3-5-15/h3-14,16H2,1-2H3. The van der Waals surface area contributed by atoms with Crippen molar-refractivity contribution in [3.05, 3.63) is 0 Å². The summed E-state index contributed by atoms with van der Waals surface area (Å²) in [4.78, 5) is 7.51. The maximum Gasteiger partial charge on any atom is 0.0110 e. The van der Waals surface area contributed by atoms with Crippen LogP contribution < -0.4 is 5.73 Å². The van der Waals surface area contributed by atoms with Crippen LogP contribution in [0.1, 0.15) is 25.7 Å². The van der Waals surface area contributed by atoms with Crippen molar-refractivity contribution in [1.82, 2.24) is 14.7 Å². The van der Waals surface area contributed by atoms with Crippen LogP contribution in [0.2, 0.25) is 0 Å². The van der Waals surface area contributed by atoms with E-state index in [1.165, 1.54) is 71.5 Å². The monoisotopic (exact) mass is 268 g/mol. The summed E-state index contributed by atoms with van der Waals surface area (Å²) in [5.74, 6) is 0. The van der Waals surface area contributed by atoms with Gasteiger partial charge in [0.2, 0.25) is 0 Å². The number of rotatable bonds is 7. The summed E-state index contributed by atoms with van der Waals surface area (Å²) in [5.41, 5.74) is 6.46. The van der Waals surface area contributed by atoms with Crippen molar-refractivity contribution in [2.45, 2.75) is 25.7 Å². The molecule has 0 aromatic carbocycles. The first-order valence-corrected chi connectivity index (χ1v) is 7.93. The van der Waals surface area contributed by atoms with Gasteiger partial charge in [-0.2, -0.15) is 0 Å². The molecule has 0 unspecified atom stereocenters. The van der Waals surface area contributed by atoms with Crippen molar-refractivity contribution >= 4 is 0 Å². The summed E-state index contributed by atoms with van der Waals surface area (Å²) < 4.78 is 0. The van der Waals surface area contributed by atoms with Crippen molar-refractivity contribution < 1.29 is 0 Å². The number of nitrogens with zero attached hydrogens (tertiary/aromatic N) is 3. The fourth-order valence-corrected chi connectivity index (χ4v) is 3.21. The van der Waals surface area contributed by atoms with Crippen molar-refractivity contribution in [2.24, 2.45) is 11.1 Å². The number of likely N-dealkylation sites (N-methyl/N-ethyl adjacent to an activating group) is 1. The van der Waals surface area contributed by atoms with Gasteiger partial charge in [0.25, 0.3) is 0 Å². The molecule has 4 nitrogen and oxygen atoms in total. The van der Waals surface area contributed by atoms with Gasteiger partial charge in [0.15, 0.2) is 0 Å². The van der Waals surface area contributed by atoms with Gasteiger partial charge in [0.1, 0.15) is 0 Å². The molecule has 1 saturated carbocycles. The van der Waals surface area contributed by atoms with Crippen LogP contribution in [-0.4, -0.2) is 81.2 Å². The van der Waals surface area contributed by atoms with Crippen molar-refractivity contribution in [3.8, 4) is 0 Å². The van der Waals surface area contributed by atoms with E-state index in [4.69, 9.17) is 5.73 Å². The van der Waals surface area contributed by atoms with E-state index in [9.17, 15) is 0 Å². The lowest BCUT2D eigenvalue weighted by molar-refractivity contribution is 0.0785. The minimum absolute atomic E-state index is 0.516. The average Bonchev–Trinajstić information content (AvgIpc) is 2.37. The van der Waals surface area contributed by atoms with Gasteiger partial charge in [-0.25, -0.2) is 0 Å². The maximum absolute atomic E-state index is 5.94. The third-order valence-corrected chi connectivity index (χ3v) is 5.13. The Hall–Kier alpha value is -0.160. The maximum atomic E-state index is 5.94. The molecule has 0 atom stereocenters. The highest BCUT2D eigenvalue weighted by atomic mass is 15.3. The summed E-state index contributed by atoms with van der Waals surface area (Å²) in [7, 11) is 4.31. The molecule has 1 aliphatic heterocycles. The molecule has 2 fully saturated rings. The molecule has 0 aromatic heterocycles. The van der Waals surface area contributed by atoms with Crippen LogP contribution in [0.5, 0.6) is 0 Å². The molecule has 2 N–H and O–H groups in total. The lowest BCUT2D eigenvalue weighted by atomic mass is 9.66. The second kappa shape index (κ2) is 7.02. The Balaban J connectivity index is 1.61. The quantitative estimate of drug-likeness (QED) is 0.737. The molecule has 112 valence electrons. The minimum atomic E-state index is 0.516. The molecular formula is C15H32N4.